The Kier molecular flexibility index (Phi) is 2.06. The number of rotatable bonds is 2. The van der Waals surface area contributed by atoms with Crippen LogP contribution >= 0.6 is 0 Å². The Labute approximate surface area is 80.5 Å². The highest BCUT2D eigenvalue weighted by molar-refractivity contribution is 5.81. The summed E-state index contributed by atoms with van der Waals surface area (Å²) >= 11 is 0. The van der Waals surface area contributed by atoms with Crippen molar-refractivity contribution < 1.29 is 5.21 Å². The lowest BCUT2D eigenvalue weighted by Crippen LogP contribution is -2.16. The molecule has 0 aliphatic rings. The molecule has 0 saturated carbocycles. The first kappa shape index (κ1) is 8.55. The van der Waals surface area contributed by atoms with Gasteiger partial charge in [-0.05, 0) is 18.2 Å². The number of nitrogens with zero attached hydrogens (tertiary/aromatic N) is 3. The molecular weight excluding hydrogens is 180 g/mol. The Morgan fingerprint density at radius 3 is 3.14 bits per heavy atom. The number of fused-ring (bicyclic) bond motifs is 1. The zero-order valence-corrected chi connectivity index (χ0v) is 7.46. The van der Waals surface area contributed by atoms with E-state index in [1.165, 1.54) is 0 Å². The van der Waals surface area contributed by atoms with E-state index in [2.05, 4.69) is 10.3 Å². The molecule has 0 aliphatic carbocycles. The summed E-state index contributed by atoms with van der Waals surface area (Å²) in [6, 6.07) is 7.65. The van der Waals surface area contributed by atoms with E-state index < -0.39 is 0 Å². The van der Waals surface area contributed by atoms with Crippen molar-refractivity contribution in [1.29, 1.82) is 0 Å². The van der Waals surface area contributed by atoms with Gasteiger partial charge in [0.2, 0.25) is 0 Å². The van der Waals surface area contributed by atoms with Gasteiger partial charge in [0, 0.05) is 6.20 Å². The summed E-state index contributed by atoms with van der Waals surface area (Å²) in [4.78, 5) is 0. The molecule has 2 aromatic heterocycles. The molecule has 5 heteroatoms. The number of oxime groups is 1. The maximum atomic E-state index is 8.45. The van der Waals surface area contributed by atoms with Crippen LogP contribution in [-0.2, 0) is 6.42 Å². The fourth-order valence-corrected chi connectivity index (χ4v) is 1.36. The van der Waals surface area contributed by atoms with Crippen molar-refractivity contribution in [3.05, 3.63) is 36.2 Å². The average Bonchev–Trinajstić information content (AvgIpc) is 2.66. The third-order valence-corrected chi connectivity index (χ3v) is 1.99. The minimum atomic E-state index is 0.174. The van der Waals surface area contributed by atoms with Crippen molar-refractivity contribution in [3.63, 3.8) is 0 Å². The van der Waals surface area contributed by atoms with Gasteiger partial charge in [0.05, 0.1) is 17.6 Å². The number of hydrogen-bond donors (Lipinski definition) is 2. The van der Waals surface area contributed by atoms with Gasteiger partial charge in [-0.3, -0.25) is 0 Å². The highest BCUT2D eigenvalue weighted by atomic mass is 16.4. The molecular formula is C9H10N4O. The van der Waals surface area contributed by atoms with Crippen molar-refractivity contribution in [3.8, 4) is 0 Å². The Balaban J connectivity index is 2.46. The molecule has 14 heavy (non-hydrogen) atoms. The predicted molar refractivity (Wildman–Crippen MR) is 52.3 cm³/mol. The van der Waals surface area contributed by atoms with Crippen LogP contribution in [0.4, 0.5) is 0 Å². The summed E-state index contributed by atoms with van der Waals surface area (Å²) in [7, 11) is 0. The first-order valence-electron chi connectivity index (χ1n) is 4.19. The van der Waals surface area contributed by atoms with Crippen molar-refractivity contribution >= 4 is 11.4 Å². The summed E-state index contributed by atoms with van der Waals surface area (Å²) < 4.78 is 1.76. The van der Waals surface area contributed by atoms with Gasteiger partial charge in [-0.1, -0.05) is 11.2 Å². The second-order valence-electron chi connectivity index (χ2n) is 2.95. The van der Waals surface area contributed by atoms with E-state index in [0.717, 1.165) is 11.2 Å². The maximum absolute atomic E-state index is 8.45. The van der Waals surface area contributed by atoms with E-state index >= 15 is 0 Å². The Bertz CT molecular complexity index is 474. The summed E-state index contributed by atoms with van der Waals surface area (Å²) in [6.07, 6.45) is 2.10. The monoisotopic (exact) mass is 190 g/mol. The van der Waals surface area contributed by atoms with Gasteiger partial charge in [0.15, 0.2) is 0 Å². The third-order valence-electron chi connectivity index (χ3n) is 1.99. The first-order valence-corrected chi connectivity index (χ1v) is 4.19. The molecule has 3 N–H and O–H groups in total. The zero-order chi connectivity index (χ0) is 9.97. The molecule has 2 heterocycles. The van der Waals surface area contributed by atoms with Crippen LogP contribution in [0.25, 0.3) is 5.52 Å². The van der Waals surface area contributed by atoms with Crippen molar-refractivity contribution in [2.24, 2.45) is 10.9 Å². The van der Waals surface area contributed by atoms with Crippen LogP contribution in [0.2, 0.25) is 0 Å². The molecule has 0 atom stereocenters. The lowest BCUT2D eigenvalue weighted by Gasteiger charge is -2.02. The molecule has 0 aromatic carbocycles. The summed E-state index contributed by atoms with van der Waals surface area (Å²) in [5.41, 5.74) is 7.31. The van der Waals surface area contributed by atoms with Crippen LogP contribution in [0.15, 0.2) is 35.6 Å². The topological polar surface area (TPSA) is 75.9 Å². The molecule has 72 valence electrons. The van der Waals surface area contributed by atoms with Crippen LogP contribution in [0, 0.1) is 0 Å². The zero-order valence-electron chi connectivity index (χ0n) is 7.46. The molecule has 2 rings (SSSR count). The molecule has 5 nitrogen and oxygen atoms in total. The molecule has 0 radical (unpaired) electrons. The van der Waals surface area contributed by atoms with Gasteiger partial charge >= 0.3 is 0 Å². The molecule has 0 unspecified atom stereocenters. The van der Waals surface area contributed by atoms with Crippen LogP contribution in [0.5, 0.6) is 0 Å². The minimum Gasteiger partial charge on any atom is -0.409 e. The fraction of sp³-hybridized carbons (Fsp3) is 0.111. The summed E-state index contributed by atoms with van der Waals surface area (Å²) in [6.45, 7) is 0. The van der Waals surface area contributed by atoms with Gasteiger partial charge in [-0.15, -0.1) is 0 Å². The standard InChI is InChI=1S/C9H10N4O/c10-9(12-14)6-8-3-1-2-7-4-5-11-13(7)8/h1-5,14H,6H2,(H2,10,12). The second kappa shape index (κ2) is 3.37. The van der Waals surface area contributed by atoms with E-state index in [9.17, 15) is 0 Å². The van der Waals surface area contributed by atoms with Gasteiger partial charge in [0.1, 0.15) is 5.84 Å². The largest absolute Gasteiger partial charge is 0.409 e. The quantitative estimate of drug-likeness (QED) is 0.315. The number of aromatic nitrogens is 2. The molecule has 2 aromatic rings. The SMILES string of the molecule is N/C(Cc1cccc2ccnn12)=N\O. The van der Waals surface area contributed by atoms with E-state index in [1.54, 1.807) is 10.7 Å². The molecule has 0 saturated heterocycles. The lowest BCUT2D eigenvalue weighted by atomic mass is 10.2. The summed E-state index contributed by atoms with van der Waals surface area (Å²) in [5.74, 6) is 0.174. The Morgan fingerprint density at radius 1 is 1.50 bits per heavy atom. The summed E-state index contributed by atoms with van der Waals surface area (Å²) in [5, 5.41) is 15.5. The molecule has 0 spiro atoms. The van der Waals surface area contributed by atoms with E-state index in [1.807, 2.05) is 24.3 Å². The minimum absolute atomic E-state index is 0.174. The molecule has 0 fully saturated rings. The highest BCUT2D eigenvalue weighted by Crippen LogP contribution is 2.06. The van der Waals surface area contributed by atoms with E-state index in [-0.39, 0.29) is 5.84 Å². The van der Waals surface area contributed by atoms with Gasteiger partial charge in [-0.25, -0.2) is 4.52 Å². The van der Waals surface area contributed by atoms with Crippen LogP contribution in [-0.4, -0.2) is 20.7 Å². The lowest BCUT2D eigenvalue weighted by molar-refractivity contribution is 0.317. The number of nitrogens with two attached hydrogens (primary N) is 1. The van der Waals surface area contributed by atoms with Crippen molar-refractivity contribution in [1.82, 2.24) is 9.61 Å². The molecule has 0 bridgehead atoms. The molecule has 0 amide bonds. The van der Waals surface area contributed by atoms with Crippen LogP contribution < -0.4 is 5.73 Å². The number of pyridine rings is 1. The van der Waals surface area contributed by atoms with E-state index in [0.29, 0.717) is 6.42 Å². The normalized spacial score (nSPS) is 12.1. The smallest absolute Gasteiger partial charge is 0.145 e. The number of amidine groups is 1. The van der Waals surface area contributed by atoms with Gasteiger partial charge in [-0.2, -0.15) is 5.10 Å². The molecule has 0 aliphatic heterocycles. The fourth-order valence-electron chi connectivity index (χ4n) is 1.36. The Hall–Kier alpha value is -2.04. The van der Waals surface area contributed by atoms with Gasteiger partial charge in [0.25, 0.3) is 0 Å². The number of hydrogen-bond acceptors (Lipinski definition) is 3. The Morgan fingerprint density at radius 2 is 2.36 bits per heavy atom. The van der Waals surface area contributed by atoms with E-state index in [4.69, 9.17) is 10.9 Å². The van der Waals surface area contributed by atoms with Crippen LogP contribution in [0.3, 0.4) is 0 Å². The third kappa shape index (κ3) is 1.39. The van der Waals surface area contributed by atoms with Crippen molar-refractivity contribution in [2.45, 2.75) is 6.42 Å². The van der Waals surface area contributed by atoms with Crippen molar-refractivity contribution in [2.75, 3.05) is 0 Å². The second-order valence-corrected chi connectivity index (χ2v) is 2.95. The predicted octanol–water partition coefficient (Wildman–Crippen LogP) is 0.623. The van der Waals surface area contributed by atoms with Gasteiger partial charge < -0.3 is 10.9 Å². The first-order chi connectivity index (χ1) is 6.81. The average molecular weight is 190 g/mol. The highest BCUT2D eigenvalue weighted by Gasteiger charge is 2.02. The maximum Gasteiger partial charge on any atom is 0.145 e. The van der Waals surface area contributed by atoms with Crippen LogP contribution in [0.1, 0.15) is 5.69 Å².